The maximum Gasteiger partial charge on any atom is 0.242 e. The number of hydrogen-bond donors (Lipinski definition) is 1. The molecule has 1 aromatic carbocycles. The second-order valence-electron chi connectivity index (χ2n) is 9.21. The van der Waals surface area contributed by atoms with Crippen LogP contribution >= 0.6 is 0 Å². The number of nitrogens with one attached hydrogen (secondary N) is 1. The van der Waals surface area contributed by atoms with Crippen LogP contribution in [0.4, 0.5) is 0 Å². The second-order valence-corrected chi connectivity index (χ2v) is 9.21. The van der Waals surface area contributed by atoms with Crippen molar-refractivity contribution in [2.24, 2.45) is 17.8 Å². The predicted molar refractivity (Wildman–Crippen MR) is 110 cm³/mol. The molecule has 2 aromatic rings. The first-order chi connectivity index (χ1) is 14.0. The van der Waals surface area contributed by atoms with Gasteiger partial charge in [0.1, 0.15) is 6.54 Å². The molecule has 3 fully saturated rings. The van der Waals surface area contributed by atoms with Crippen molar-refractivity contribution >= 4 is 22.7 Å². The van der Waals surface area contributed by atoms with Gasteiger partial charge in [-0.25, -0.2) is 0 Å². The molecular weight excluding hydrogens is 366 g/mol. The van der Waals surface area contributed by atoms with Crippen LogP contribution in [0.2, 0.25) is 0 Å². The molecule has 5 rings (SSSR count). The Morgan fingerprint density at radius 1 is 1.28 bits per heavy atom. The van der Waals surface area contributed by atoms with E-state index in [4.69, 9.17) is 4.74 Å². The summed E-state index contributed by atoms with van der Waals surface area (Å²) in [6.07, 6.45) is 4.26. The van der Waals surface area contributed by atoms with Crippen molar-refractivity contribution in [1.82, 2.24) is 14.8 Å². The summed E-state index contributed by atoms with van der Waals surface area (Å²) < 4.78 is 8.45. The fraction of sp³-hybridized carbons (Fsp3) is 0.565. The highest BCUT2D eigenvalue weighted by Crippen LogP contribution is 2.54. The number of hydrogen-bond acceptors (Lipinski definition) is 3. The van der Waals surface area contributed by atoms with Crippen LogP contribution in [0, 0.1) is 17.8 Å². The highest BCUT2D eigenvalue weighted by molar-refractivity contribution is 5.83. The Morgan fingerprint density at radius 3 is 2.93 bits per heavy atom. The molecule has 2 amide bonds. The Balaban J connectivity index is 1.28. The number of carbonyl (C=O) groups is 2. The fourth-order valence-electron chi connectivity index (χ4n) is 5.60. The summed E-state index contributed by atoms with van der Waals surface area (Å²) in [6.45, 7) is 6.24. The molecule has 0 radical (unpaired) electrons. The molecule has 1 N–H and O–H groups in total. The monoisotopic (exact) mass is 395 g/mol. The number of rotatable bonds is 5. The number of para-hydroxylation sites is 1. The van der Waals surface area contributed by atoms with Crippen LogP contribution in [0.25, 0.3) is 10.9 Å². The molecule has 2 bridgehead atoms. The van der Waals surface area contributed by atoms with Gasteiger partial charge in [-0.1, -0.05) is 32.0 Å². The van der Waals surface area contributed by atoms with E-state index in [-0.39, 0.29) is 29.4 Å². The van der Waals surface area contributed by atoms with Gasteiger partial charge in [0.05, 0.1) is 18.2 Å². The minimum atomic E-state index is -0.202. The minimum Gasteiger partial charge on any atom is -0.369 e. The maximum atomic E-state index is 13.1. The van der Waals surface area contributed by atoms with Crippen molar-refractivity contribution in [2.45, 2.75) is 44.9 Å². The molecule has 0 unspecified atom stereocenters. The molecular formula is C23H29N3O3. The Morgan fingerprint density at radius 2 is 2.10 bits per heavy atom. The smallest absolute Gasteiger partial charge is 0.242 e. The normalized spacial score (nSPS) is 30.3. The van der Waals surface area contributed by atoms with Crippen LogP contribution < -0.4 is 5.32 Å². The topological polar surface area (TPSA) is 63.6 Å². The van der Waals surface area contributed by atoms with Gasteiger partial charge < -0.3 is 19.5 Å². The summed E-state index contributed by atoms with van der Waals surface area (Å²) in [5.74, 6) is 0.844. The third-order valence-electron chi connectivity index (χ3n) is 7.16. The van der Waals surface area contributed by atoms with Crippen molar-refractivity contribution in [3.8, 4) is 0 Å². The standard InChI is InChI=1S/C23H29N3O3/c1-15(2)22(28)24-11-17-18-12-26(14-23(18)9-7-20(17)29-23)21(27)13-25-10-8-16-5-3-4-6-19(16)25/h3-6,8,10,15,17-18,20H,7,9,11-14H2,1-2H3,(H,24,28)/t17-,18+,20+,23+/m0/s1. The molecule has 154 valence electrons. The Bertz CT molecular complexity index is 952. The van der Waals surface area contributed by atoms with Crippen LogP contribution in [-0.4, -0.2) is 52.6 Å². The van der Waals surface area contributed by atoms with E-state index < -0.39 is 0 Å². The molecule has 6 nitrogen and oxygen atoms in total. The lowest BCUT2D eigenvalue weighted by Crippen LogP contribution is -2.42. The van der Waals surface area contributed by atoms with Crippen molar-refractivity contribution in [1.29, 1.82) is 0 Å². The number of ether oxygens (including phenoxy) is 1. The molecule has 3 saturated heterocycles. The molecule has 1 spiro atoms. The lowest BCUT2D eigenvalue weighted by atomic mass is 9.73. The Hall–Kier alpha value is -2.34. The van der Waals surface area contributed by atoms with Gasteiger partial charge in [0.15, 0.2) is 0 Å². The lowest BCUT2D eigenvalue weighted by molar-refractivity contribution is -0.132. The largest absolute Gasteiger partial charge is 0.369 e. The van der Waals surface area contributed by atoms with E-state index in [2.05, 4.69) is 23.5 Å². The van der Waals surface area contributed by atoms with Gasteiger partial charge in [0.25, 0.3) is 0 Å². The zero-order valence-corrected chi connectivity index (χ0v) is 17.1. The number of carbonyl (C=O) groups excluding carboxylic acids is 2. The third kappa shape index (κ3) is 3.05. The number of likely N-dealkylation sites (tertiary alicyclic amines) is 1. The van der Waals surface area contributed by atoms with Gasteiger partial charge >= 0.3 is 0 Å². The summed E-state index contributed by atoms with van der Waals surface area (Å²) in [6, 6.07) is 10.2. The lowest BCUT2D eigenvalue weighted by Gasteiger charge is -2.29. The quantitative estimate of drug-likeness (QED) is 0.846. The van der Waals surface area contributed by atoms with E-state index in [0.717, 1.165) is 30.3 Å². The van der Waals surface area contributed by atoms with Gasteiger partial charge in [0.2, 0.25) is 11.8 Å². The summed E-state index contributed by atoms with van der Waals surface area (Å²) in [4.78, 5) is 27.1. The highest BCUT2D eigenvalue weighted by Gasteiger charge is 2.63. The first kappa shape index (κ1) is 18.7. The molecule has 29 heavy (non-hydrogen) atoms. The van der Waals surface area contributed by atoms with Gasteiger partial charge in [-0.3, -0.25) is 9.59 Å². The maximum absolute atomic E-state index is 13.1. The summed E-state index contributed by atoms with van der Waals surface area (Å²) in [7, 11) is 0. The zero-order valence-electron chi connectivity index (χ0n) is 17.1. The molecule has 0 saturated carbocycles. The predicted octanol–water partition coefficient (Wildman–Crippen LogP) is 2.42. The van der Waals surface area contributed by atoms with Crippen LogP contribution in [0.3, 0.4) is 0 Å². The SMILES string of the molecule is CC(C)C(=O)NC[C@H]1[C@H]2CN(C(=O)Cn3ccc4ccccc43)C[C@]23CC[C@H]1O3. The molecule has 3 aliphatic heterocycles. The average molecular weight is 396 g/mol. The number of fused-ring (bicyclic) bond motifs is 2. The van der Waals surface area contributed by atoms with Crippen LogP contribution in [-0.2, 0) is 20.9 Å². The minimum absolute atomic E-state index is 0.0125. The van der Waals surface area contributed by atoms with Crippen molar-refractivity contribution < 1.29 is 14.3 Å². The van der Waals surface area contributed by atoms with E-state index in [9.17, 15) is 9.59 Å². The highest BCUT2D eigenvalue weighted by atomic mass is 16.5. The van der Waals surface area contributed by atoms with Crippen LogP contribution in [0.15, 0.2) is 36.5 Å². The van der Waals surface area contributed by atoms with Gasteiger partial charge in [-0.2, -0.15) is 0 Å². The molecule has 4 atom stereocenters. The Labute approximate surface area is 171 Å². The summed E-state index contributed by atoms with van der Waals surface area (Å²) in [5.41, 5.74) is 0.886. The average Bonchev–Trinajstić information content (AvgIpc) is 3.45. The Kier molecular flexibility index (Phi) is 4.42. The summed E-state index contributed by atoms with van der Waals surface area (Å²) >= 11 is 0. The number of nitrogens with zero attached hydrogens (tertiary/aromatic N) is 2. The van der Waals surface area contributed by atoms with Crippen molar-refractivity contribution in [3.05, 3.63) is 36.5 Å². The zero-order chi connectivity index (χ0) is 20.2. The van der Waals surface area contributed by atoms with Crippen LogP contribution in [0.1, 0.15) is 26.7 Å². The number of benzene rings is 1. The molecule has 0 aliphatic carbocycles. The molecule has 3 aliphatic rings. The molecule has 6 heteroatoms. The first-order valence-electron chi connectivity index (χ1n) is 10.7. The second kappa shape index (κ2) is 6.87. The van der Waals surface area contributed by atoms with Gasteiger partial charge in [-0.15, -0.1) is 0 Å². The molecule has 4 heterocycles. The van der Waals surface area contributed by atoms with Crippen molar-refractivity contribution in [2.75, 3.05) is 19.6 Å². The number of aromatic nitrogens is 1. The number of amides is 2. The fourth-order valence-corrected chi connectivity index (χ4v) is 5.60. The summed E-state index contributed by atoms with van der Waals surface area (Å²) in [5, 5.41) is 4.25. The van der Waals surface area contributed by atoms with E-state index in [1.54, 1.807) is 0 Å². The van der Waals surface area contributed by atoms with E-state index >= 15 is 0 Å². The van der Waals surface area contributed by atoms with Gasteiger partial charge in [0, 0.05) is 42.6 Å². The first-order valence-corrected chi connectivity index (χ1v) is 10.7. The van der Waals surface area contributed by atoms with E-state index in [1.165, 1.54) is 0 Å². The van der Waals surface area contributed by atoms with Crippen LogP contribution in [0.5, 0.6) is 0 Å². The third-order valence-corrected chi connectivity index (χ3v) is 7.16. The van der Waals surface area contributed by atoms with E-state index in [0.29, 0.717) is 31.5 Å². The molecule has 1 aromatic heterocycles. The van der Waals surface area contributed by atoms with Crippen molar-refractivity contribution in [3.63, 3.8) is 0 Å². The van der Waals surface area contributed by atoms with Gasteiger partial charge in [-0.05, 0) is 30.4 Å². The van der Waals surface area contributed by atoms with E-state index in [1.807, 2.05) is 41.6 Å².